The fraction of sp³-hybridized carbons (Fsp3) is 0.500. The van der Waals surface area contributed by atoms with Crippen molar-refractivity contribution < 1.29 is 14.7 Å². The van der Waals surface area contributed by atoms with Gasteiger partial charge in [-0.15, -0.1) is 0 Å². The minimum absolute atomic E-state index is 0.342. The smallest absolute Gasteiger partial charge is 0.311 e. The molecule has 0 aromatic carbocycles. The summed E-state index contributed by atoms with van der Waals surface area (Å²) in [6.45, 7) is 1.99. The van der Waals surface area contributed by atoms with Crippen LogP contribution < -0.4 is 0 Å². The van der Waals surface area contributed by atoms with Gasteiger partial charge >= 0.3 is 5.97 Å². The maximum absolute atomic E-state index is 10.7. The molecule has 3 nitrogen and oxygen atoms in total. The van der Waals surface area contributed by atoms with E-state index in [1.807, 2.05) is 6.92 Å². The van der Waals surface area contributed by atoms with Crippen LogP contribution in [0.25, 0.3) is 0 Å². The molecule has 0 saturated carbocycles. The number of carbonyl (C=O) groups excluding carboxylic acids is 1. The number of rotatable bonds is 5. The van der Waals surface area contributed by atoms with E-state index in [4.69, 9.17) is 5.11 Å². The Balaban J connectivity index is 3.60. The highest BCUT2D eigenvalue weighted by Crippen LogP contribution is 1.91. The largest absolute Gasteiger partial charge is 0.481 e. The van der Waals surface area contributed by atoms with Gasteiger partial charge in [-0.05, 0) is 12.5 Å². The van der Waals surface area contributed by atoms with Crippen LogP contribution in [0, 0.1) is 0 Å². The topological polar surface area (TPSA) is 54.4 Å². The van der Waals surface area contributed by atoms with E-state index >= 15 is 0 Å². The second-order valence-electron chi connectivity index (χ2n) is 2.23. The molecule has 3 heteroatoms. The van der Waals surface area contributed by atoms with Crippen LogP contribution in [0.3, 0.4) is 0 Å². The lowest BCUT2D eigenvalue weighted by molar-refractivity contribution is -0.139. The molecule has 62 valence electrons. The van der Waals surface area contributed by atoms with Gasteiger partial charge in [0.25, 0.3) is 0 Å². The molecule has 0 atom stereocenters. The Morgan fingerprint density at radius 2 is 2.09 bits per heavy atom. The molecule has 0 saturated heterocycles. The number of hydrogen-bond acceptors (Lipinski definition) is 2. The molecular formula is C8H12O3. The molecule has 0 unspecified atom stereocenters. The van der Waals surface area contributed by atoms with E-state index in [1.54, 1.807) is 6.08 Å². The lowest BCUT2D eigenvalue weighted by atomic mass is 10.2. The van der Waals surface area contributed by atoms with Gasteiger partial charge in [0, 0.05) is 0 Å². The Labute approximate surface area is 65.7 Å². The van der Waals surface area contributed by atoms with Crippen LogP contribution in [0.1, 0.15) is 26.2 Å². The van der Waals surface area contributed by atoms with E-state index in [-0.39, 0.29) is 5.78 Å². The second-order valence-corrected chi connectivity index (χ2v) is 2.23. The van der Waals surface area contributed by atoms with Gasteiger partial charge in [-0.3, -0.25) is 9.59 Å². The number of unbranched alkanes of at least 4 members (excludes halogenated alkanes) is 1. The summed E-state index contributed by atoms with van der Waals surface area (Å²) in [6.07, 6.45) is 4.42. The molecule has 0 aromatic rings. The average molecular weight is 156 g/mol. The molecule has 0 fully saturated rings. The standard InChI is InChI=1S/C8H12O3/c1-2-3-4-5-7(9)6-8(10)11/h4-5H,2-3,6H2,1H3,(H,10,11)/b5-4+. The molecule has 1 N–H and O–H groups in total. The van der Waals surface area contributed by atoms with E-state index in [2.05, 4.69) is 0 Å². The van der Waals surface area contributed by atoms with E-state index in [0.717, 1.165) is 12.8 Å². The van der Waals surface area contributed by atoms with Crippen molar-refractivity contribution in [1.29, 1.82) is 0 Å². The summed E-state index contributed by atoms with van der Waals surface area (Å²) < 4.78 is 0. The Morgan fingerprint density at radius 3 is 2.55 bits per heavy atom. The quantitative estimate of drug-likeness (QED) is 0.483. The summed E-state index contributed by atoms with van der Waals surface area (Å²) >= 11 is 0. The zero-order valence-corrected chi connectivity index (χ0v) is 6.54. The van der Waals surface area contributed by atoms with Crippen molar-refractivity contribution in [3.63, 3.8) is 0 Å². The Bertz CT molecular complexity index is 170. The van der Waals surface area contributed by atoms with Gasteiger partial charge in [0.1, 0.15) is 6.42 Å². The van der Waals surface area contributed by atoms with Gasteiger partial charge in [0.2, 0.25) is 0 Å². The average Bonchev–Trinajstić information content (AvgIpc) is 1.86. The first kappa shape index (κ1) is 9.88. The van der Waals surface area contributed by atoms with Gasteiger partial charge < -0.3 is 5.11 Å². The number of ketones is 1. The van der Waals surface area contributed by atoms with E-state index in [9.17, 15) is 9.59 Å². The Morgan fingerprint density at radius 1 is 1.45 bits per heavy atom. The van der Waals surface area contributed by atoms with Gasteiger partial charge in [-0.2, -0.15) is 0 Å². The highest BCUT2D eigenvalue weighted by atomic mass is 16.4. The Kier molecular flexibility index (Phi) is 5.07. The lowest BCUT2D eigenvalue weighted by Crippen LogP contribution is -2.02. The number of allylic oxidation sites excluding steroid dienone is 2. The molecule has 0 spiro atoms. The van der Waals surface area contributed by atoms with Crippen molar-refractivity contribution in [2.24, 2.45) is 0 Å². The molecule has 0 amide bonds. The molecule has 0 rings (SSSR count). The van der Waals surface area contributed by atoms with Crippen molar-refractivity contribution in [2.75, 3.05) is 0 Å². The normalized spacial score (nSPS) is 10.3. The summed E-state index contributed by atoms with van der Waals surface area (Å²) in [5.74, 6) is -1.41. The summed E-state index contributed by atoms with van der Waals surface area (Å²) in [7, 11) is 0. The summed E-state index contributed by atoms with van der Waals surface area (Å²) in [5.41, 5.74) is 0. The monoisotopic (exact) mass is 156 g/mol. The second kappa shape index (κ2) is 5.65. The first-order valence-electron chi connectivity index (χ1n) is 3.58. The van der Waals surface area contributed by atoms with Crippen molar-refractivity contribution >= 4 is 11.8 Å². The molecule has 0 heterocycles. The SMILES string of the molecule is CCC/C=C/C(=O)CC(=O)O. The molecule has 0 aromatic heterocycles. The number of carboxylic acid groups (broad SMARTS) is 1. The molecule has 11 heavy (non-hydrogen) atoms. The van der Waals surface area contributed by atoms with Crippen LogP contribution in [0.2, 0.25) is 0 Å². The molecular weight excluding hydrogens is 144 g/mol. The molecule has 0 aliphatic heterocycles. The van der Waals surface area contributed by atoms with Crippen LogP contribution in [-0.4, -0.2) is 16.9 Å². The third kappa shape index (κ3) is 6.77. The van der Waals surface area contributed by atoms with E-state index in [0.29, 0.717) is 0 Å². The van der Waals surface area contributed by atoms with Crippen LogP contribution in [0.4, 0.5) is 0 Å². The molecule has 0 aliphatic rings. The van der Waals surface area contributed by atoms with Crippen LogP contribution in [0.15, 0.2) is 12.2 Å². The molecule has 0 aliphatic carbocycles. The Hall–Kier alpha value is -1.12. The lowest BCUT2D eigenvalue weighted by Gasteiger charge is -1.87. The van der Waals surface area contributed by atoms with E-state index < -0.39 is 12.4 Å². The highest BCUT2D eigenvalue weighted by molar-refractivity contribution is 6.01. The minimum Gasteiger partial charge on any atom is -0.481 e. The van der Waals surface area contributed by atoms with E-state index in [1.165, 1.54) is 6.08 Å². The highest BCUT2D eigenvalue weighted by Gasteiger charge is 2.01. The van der Waals surface area contributed by atoms with Crippen molar-refractivity contribution in [3.05, 3.63) is 12.2 Å². The number of hydrogen-bond donors (Lipinski definition) is 1. The zero-order valence-electron chi connectivity index (χ0n) is 6.54. The van der Waals surface area contributed by atoms with Crippen molar-refractivity contribution in [1.82, 2.24) is 0 Å². The van der Waals surface area contributed by atoms with Gasteiger partial charge in [-0.1, -0.05) is 19.4 Å². The summed E-state index contributed by atoms with van der Waals surface area (Å²) in [4.78, 5) is 20.6. The first-order valence-corrected chi connectivity index (χ1v) is 3.58. The van der Waals surface area contributed by atoms with Crippen LogP contribution in [0.5, 0.6) is 0 Å². The summed E-state index contributed by atoms with van der Waals surface area (Å²) in [6, 6.07) is 0. The minimum atomic E-state index is -1.07. The number of carbonyl (C=O) groups is 2. The third-order valence-electron chi connectivity index (χ3n) is 1.08. The summed E-state index contributed by atoms with van der Waals surface area (Å²) in [5, 5.41) is 8.19. The van der Waals surface area contributed by atoms with Gasteiger partial charge in [-0.25, -0.2) is 0 Å². The van der Waals surface area contributed by atoms with Crippen molar-refractivity contribution in [2.45, 2.75) is 26.2 Å². The predicted molar refractivity (Wildman–Crippen MR) is 41.3 cm³/mol. The van der Waals surface area contributed by atoms with Gasteiger partial charge in [0.15, 0.2) is 5.78 Å². The first-order chi connectivity index (χ1) is 5.16. The maximum atomic E-state index is 10.7. The van der Waals surface area contributed by atoms with Crippen LogP contribution in [-0.2, 0) is 9.59 Å². The maximum Gasteiger partial charge on any atom is 0.311 e. The third-order valence-corrected chi connectivity index (χ3v) is 1.08. The van der Waals surface area contributed by atoms with Crippen LogP contribution >= 0.6 is 0 Å². The fourth-order valence-corrected chi connectivity index (χ4v) is 0.589. The molecule has 0 bridgehead atoms. The zero-order chi connectivity index (χ0) is 8.69. The van der Waals surface area contributed by atoms with Gasteiger partial charge in [0.05, 0.1) is 0 Å². The number of carboxylic acids is 1. The predicted octanol–water partition coefficient (Wildman–Crippen LogP) is 1.39. The van der Waals surface area contributed by atoms with Crippen molar-refractivity contribution in [3.8, 4) is 0 Å². The fourth-order valence-electron chi connectivity index (χ4n) is 0.589. The molecule has 0 radical (unpaired) electrons. The number of aliphatic carboxylic acids is 1.